The average Bonchev–Trinajstić information content (AvgIpc) is 3.88. The number of benzene rings is 6. The van der Waals surface area contributed by atoms with Crippen molar-refractivity contribution in [3.8, 4) is 33.9 Å². The summed E-state index contributed by atoms with van der Waals surface area (Å²) in [6.45, 7) is 2.20. The zero-order valence-electron chi connectivity index (χ0n) is 28.1. The normalized spacial score (nSPS) is 16.0. The first kappa shape index (κ1) is 29.4. The molecule has 6 aromatic carbocycles. The van der Waals surface area contributed by atoms with E-state index in [-0.39, 0.29) is 5.41 Å². The molecule has 6 heteroatoms. The van der Waals surface area contributed by atoms with Gasteiger partial charge in [-0.1, -0.05) is 85.0 Å². The van der Waals surface area contributed by atoms with Crippen molar-refractivity contribution in [1.82, 2.24) is 15.0 Å². The van der Waals surface area contributed by atoms with E-state index in [1.165, 1.54) is 20.2 Å². The Kier molecular flexibility index (Phi) is 6.25. The number of rotatable bonds is 4. The fourth-order valence-electron chi connectivity index (χ4n) is 7.74. The number of aromatic nitrogens is 3. The van der Waals surface area contributed by atoms with Crippen molar-refractivity contribution in [3.05, 3.63) is 151 Å². The molecule has 4 heterocycles. The Bertz CT molecular complexity index is 3140. The highest BCUT2D eigenvalue weighted by Gasteiger charge is 2.29. The van der Waals surface area contributed by atoms with Crippen LogP contribution < -0.4 is 0 Å². The summed E-state index contributed by atoms with van der Waals surface area (Å²) in [6, 6.07) is 42.3. The second-order valence-corrected chi connectivity index (χ2v) is 14.9. The van der Waals surface area contributed by atoms with Crippen LogP contribution in [0.3, 0.4) is 0 Å². The molecule has 0 aliphatic heterocycles. The van der Waals surface area contributed by atoms with Crippen molar-refractivity contribution in [2.75, 3.05) is 0 Å². The lowest BCUT2D eigenvalue weighted by Crippen LogP contribution is -2.24. The summed E-state index contributed by atoms with van der Waals surface area (Å²) in [6.07, 6.45) is 9.36. The highest BCUT2D eigenvalue weighted by Crippen LogP contribution is 2.41. The molecular formula is C46H29N3O2S. The first-order valence-electron chi connectivity index (χ1n) is 17.5. The molecule has 5 nitrogen and oxygen atoms in total. The quantitative estimate of drug-likeness (QED) is 0.184. The third-order valence-electron chi connectivity index (χ3n) is 10.5. The molecule has 4 aromatic heterocycles. The predicted molar refractivity (Wildman–Crippen MR) is 214 cm³/mol. The van der Waals surface area contributed by atoms with Crippen molar-refractivity contribution >= 4 is 75.4 Å². The fourth-order valence-corrected chi connectivity index (χ4v) is 8.82. The molecule has 0 amide bonds. The number of para-hydroxylation sites is 1. The molecule has 1 unspecified atom stereocenters. The topological polar surface area (TPSA) is 65.0 Å². The fraction of sp³-hybridized carbons (Fsp3) is 0.0652. The number of furan rings is 2. The number of fused-ring (bicyclic) bond motifs is 9. The van der Waals surface area contributed by atoms with Crippen LogP contribution in [0.1, 0.15) is 19.2 Å². The lowest BCUT2D eigenvalue weighted by molar-refractivity contribution is 0.554. The summed E-state index contributed by atoms with van der Waals surface area (Å²) < 4.78 is 15.2. The summed E-state index contributed by atoms with van der Waals surface area (Å²) in [5, 5.41) is 6.69. The highest BCUT2D eigenvalue weighted by molar-refractivity contribution is 7.25. The van der Waals surface area contributed by atoms with Crippen LogP contribution in [0.15, 0.2) is 154 Å². The van der Waals surface area contributed by atoms with Crippen molar-refractivity contribution in [1.29, 1.82) is 0 Å². The van der Waals surface area contributed by atoms with Gasteiger partial charge in [-0.25, -0.2) is 15.0 Å². The van der Waals surface area contributed by atoms with Crippen LogP contribution in [0.5, 0.6) is 0 Å². The van der Waals surface area contributed by atoms with Crippen molar-refractivity contribution in [3.63, 3.8) is 0 Å². The Morgan fingerprint density at radius 1 is 0.538 bits per heavy atom. The molecule has 10 aromatic rings. The lowest BCUT2D eigenvalue weighted by Gasteiger charge is -2.25. The van der Waals surface area contributed by atoms with Gasteiger partial charge in [-0.05, 0) is 85.1 Å². The number of hydrogen-bond acceptors (Lipinski definition) is 6. The van der Waals surface area contributed by atoms with Gasteiger partial charge in [0.05, 0.1) is 0 Å². The Morgan fingerprint density at radius 3 is 2.17 bits per heavy atom. The van der Waals surface area contributed by atoms with Gasteiger partial charge in [0.15, 0.2) is 11.6 Å². The number of thiophene rings is 1. The zero-order chi connectivity index (χ0) is 34.4. The van der Waals surface area contributed by atoms with E-state index < -0.39 is 0 Å². The van der Waals surface area contributed by atoms with Gasteiger partial charge in [-0.2, -0.15) is 0 Å². The van der Waals surface area contributed by atoms with E-state index in [4.69, 9.17) is 23.8 Å². The molecule has 1 aliphatic rings. The second-order valence-electron chi connectivity index (χ2n) is 13.8. The van der Waals surface area contributed by atoms with Gasteiger partial charge in [0.25, 0.3) is 0 Å². The molecule has 1 aliphatic carbocycles. The molecule has 0 fully saturated rings. The molecular weight excluding hydrogens is 659 g/mol. The number of hydrogen-bond donors (Lipinski definition) is 0. The van der Waals surface area contributed by atoms with Gasteiger partial charge in [-0.15, -0.1) is 11.3 Å². The third kappa shape index (κ3) is 4.51. The molecule has 52 heavy (non-hydrogen) atoms. The smallest absolute Gasteiger partial charge is 0.164 e. The number of nitrogens with zero attached hydrogens (tertiary/aromatic N) is 3. The van der Waals surface area contributed by atoms with Crippen LogP contribution in [-0.4, -0.2) is 15.0 Å². The predicted octanol–water partition coefficient (Wildman–Crippen LogP) is 12.8. The second kappa shape index (κ2) is 11.1. The molecule has 0 spiro atoms. The van der Waals surface area contributed by atoms with E-state index in [1.807, 2.05) is 41.7 Å². The molecule has 0 saturated carbocycles. The molecule has 1 atom stereocenters. The summed E-state index contributed by atoms with van der Waals surface area (Å²) in [7, 11) is 0. The minimum absolute atomic E-state index is 0.380. The summed E-state index contributed by atoms with van der Waals surface area (Å²) in [5.74, 6) is 2.03. The molecule has 0 bridgehead atoms. The van der Waals surface area contributed by atoms with Gasteiger partial charge in [-0.3, -0.25) is 0 Å². The van der Waals surface area contributed by atoms with Gasteiger partial charge in [0.1, 0.15) is 28.2 Å². The Balaban J connectivity index is 1.11. The first-order chi connectivity index (χ1) is 25.6. The molecule has 0 saturated heterocycles. The van der Waals surface area contributed by atoms with E-state index in [1.54, 1.807) is 0 Å². The van der Waals surface area contributed by atoms with Crippen molar-refractivity contribution < 1.29 is 8.83 Å². The lowest BCUT2D eigenvalue weighted by atomic mass is 9.83. The molecule has 0 N–H and O–H groups in total. The maximum atomic E-state index is 6.47. The summed E-state index contributed by atoms with van der Waals surface area (Å²) >= 11 is 1.81. The molecule has 0 radical (unpaired) electrons. The summed E-state index contributed by atoms with van der Waals surface area (Å²) in [5.41, 5.74) is 7.01. The Labute approximate surface area is 302 Å². The third-order valence-corrected chi connectivity index (χ3v) is 11.6. The Hall–Kier alpha value is -6.37. The van der Waals surface area contributed by atoms with Gasteiger partial charge in [0.2, 0.25) is 0 Å². The SMILES string of the molecule is CC1(c2nc(-c3ccc4sc5ccccc5c4c3)nc(-c3cccc4oc5ccc(-c6ccc7c(c6)oc6ccccc67)cc5c34)n2)C=CC=CC1. The van der Waals surface area contributed by atoms with Gasteiger partial charge < -0.3 is 8.83 Å². The standard InChI is InChI=1S/C46H29N3O2S/c1-46(22-7-2-8-23-46)45-48-43(29-18-21-41-34(25-29)32-11-4-6-15-40(32)52-41)47-44(49-45)33-12-9-14-38-42(33)35-24-27(17-20-37(35)50-38)28-16-19-31-30-10-3-5-13-36(30)51-39(31)26-28/h2-22,24-26H,23H2,1H3. The molecule has 11 rings (SSSR count). The van der Waals surface area contributed by atoms with Crippen LogP contribution >= 0.6 is 11.3 Å². The maximum absolute atomic E-state index is 6.47. The van der Waals surface area contributed by atoms with E-state index in [2.05, 4.69) is 122 Å². The van der Waals surface area contributed by atoms with Gasteiger partial charge >= 0.3 is 0 Å². The minimum Gasteiger partial charge on any atom is -0.456 e. The maximum Gasteiger partial charge on any atom is 0.164 e. The zero-order valence-corrected chi connectivity index (χ0v) is 28.9. The van der Waals surface area contributed by atoms with E-state index >= 15 is 0 Å². The Morgan fingerprint density at radius 2 is 1.25 bits per heavy atom. The summed E-state index contributed by atoms with van der Waals surface area (Å²) in [4.78, 5) is 15.7. The van der Waals surface area contributed by atoms with E-state index in [0.29, 0.717) is 11.6 Å². The molecule has 246 valence electrons. The largest absolute Gasteiger partial charge is 0.456 e. The minimum atomic E-state index is -0.380. The monoisotopic (exact) mass is 687 g/mol. The van der Waals surface area contributed by atoms with Crippen molar-refractivity contribution in [2.45, 2.75) is 18.8 Å². The van der Waals surface area contributed by atoms with E-state index in [9.17, 15) is 0 Å². The van der Waals surface area contributed by atoms with Crippen LogP contribution in [-0.2, 0) is 5.41 Å². The first-order valence-corrected chi connectivity index (χ1v) is 18.3. The van der Waals surface area contributed by atoms with Crippen LogP contribution in [0.2, 0.25) is 0 Å². The van der Waals surface area contributed by atoms with E-state index in [0.717, 1.165) is 78.4 Å². The van der Waals surface area contributed by atoms with Crippen LogP contribution in [0.4, 0.5) is 0 Å². The highest BCUT2D eigenvalue weighted by atomic mass is 32.1. The van der Waals surface area contributed by atoms with Gasteiger partial charge in [0, 0.05) is 58.3 Å². The average molecular weight is 688 g/mol. The van der Waals surface area contributed by atoms with Crippen LogP contribution in [0.25, 0.3) is 98.0 Å². The van der Waals surface area contributed by atoms with Crippen LogP contribution in [0, 0.1) is 0 Å². The van der Waals surface area contributed by atoms with Crippen molar-refractivity contribution in [2.24, 2.45) is 0 Å². The number of allylic oxidation sites excluding steroid dienone is 4.